The number of hydrogen-bond donors (Lipinski definition) is 0. The maximum Gasteiger partial charge on any atom is 0.146 e. The van der Waals surface area contributed by atoms with Crippen molar-refractivity contribution in [2.75, 3.05) is 26.9 Å². The average molecular weight is 362 g/mol. The van der Waals surface area contributed by atoms with Crippen LogP contribution in [0.3, 0.4) is 0 Å². The van der Waals surface area contributed by atoms with E-state index < -0.39 is 0 Å². The third-order valence-electron chi connectivity index (χ3n) is 5.22. The normalized spacial score (nSPS) is 18.8. The van der Waals surface area contributed by atoms with Gasteiger partial charge in [0.15, 0.2) is 0 Å². The quantitative estimate of drug-likeness (QED) is 0.680. The van der Waals surface area contributed by atoms with E-state index >= 15 is 0 Å². The van der Waals surface area contributed by atoms with Crippen molar-refractivity contribution < 1.29 is 14.3 Å². The SMILES string of the molecule is COCCOc1cc(C)c(C(C)(C)C)cc1CN1CCCC[C@H]1C(C)=O. The number of nitrogens with zero attached hydrogens (tertiary/aromatic N) is 1. The number of carbonyl (C=O) groups is 1. The number of ketones is 1. The van der Waals surface area contributed by atoms with E-state index in [9.17, 15) is 4.79 Å². The van der Waals surface area contributed by atoms with E-state index in [2.05, 4.69) is 44.7 Å². The van der Waals surface area contributed by atoms with Gasteiger partial charge in [-0.05, 0) is 55.8 Å². The molecule has 4 heteroatoms. The lowest BCUT2D eigenvalue weighted by atomic mass is 9.83. The summed E-state index contributed by atoms with van der Waals surface area (Å²) in [6.07, 6.45) is 3.26. The number of benzene rings is 1. The van der Waals surface area contributed by atoms with Crippen LogP contribution < -0.4 is 4.74 Å². The van der Waals surface area contributed by atoms with Gasteiger partial charge in [0, 0.05) is 19.2 Å². The Balaban J connectivity index is 2.34. The first-order chi connectivity index (χ1) is 12.2. The maximum absolute atomic E-state index is 12.1. The van der Waals surface area contributed by atoms with Crippen LogP contribution in [0.2, 0.25) is 0 Å². The highest BCUT2D eigenvalue weighted by Gasteiger charge is 2.27. The Kier molecular flexibility index (Phi) is 7.24. The van der Waals surface area contributed by atoms with Crippen LogP contribution in [0.1, 0.15) is 63.6 Å². The molecule has 0 radical (unpaired) electrons. The Morgan fingerprint density at radius 3 is 2.58 bits per heavy atom. The number of Topliss-reactive ketones (excluding diaryl/α,β-unsaturated/α-hetero) is 1. The molecule has 0 amide bonds. The molecule has 146 valence electrons. The first-order valence-electron chi connectivity index (χ1n) is 9.74. The molecule has 0 unspecified atom stereocenters. The zero-order valence-corrected chi connectivity index (χ0v) is 17.4. The molecule has 1 atom stereocenters. The number of hydrogen-bond acceptors (Lipinski definition) is 4. The summed E-state index contributed by atoms with van der Waals surface area (Å²) >= 11 is 0. The van der Waals surface area contributed by atoms with E-state index in [1.165, 1.54) is 16.7 Å². The smallest absolute Gasteiger partial charge is 0.146 e. The summed E-state index contributed by atoms with van der Waals surface area (Å²) in [7, 11) is 1.68. The molecule has 0 saturated carbocycles. The first kappa shape index (κ1) is 20.9. The minimum absolute atomic E-state index is 0.0370. The fourth-order valence-corrected chi connectivity index (χ4v) is 3.89. The summed E-state index contributed by atoms with van der Waals surface area (Å²) in [6.45, 7) is 13.4. The summed E-state index contributed by atoms with van der Waals surface area (Å²) in [5.74, 6) is 1.19. The molecule has 0 spiro atoms. The van der Waals surface area contributed by atoms with E-state index in [-0.39, 0.29) is 17.2 Å². The van der Waals surface area contributed by atoms with Gasteiger partial charge in [-0.1, -0.05) is 33.3 Å². The van der Waals surface area contributed by atoms with E-state index in [1.54, 1.807) is 14.0 Å². The van der Waals surface area contributed by atoms with Crippen LogP contribution in [0.25, 0.3) is 0 Å². The van der Waals surface area contributed by atoms with Crippen molar-refractivity contribution in [1.29, 1.82) is 0 Å². The van der Waals surface area contributed by atoms with Crippen molar-refractivity contribution in [2.45, 2.75) is 71.9 Å². The zero-order valence-electron chi connectivity index (χ0n) is 17.4. The molecule has 0 bridgehead atoms. The lowest BCUT2D eigenvalue weighted by Crippen LogP contribution is -2.43. The van der Waals surface area contributed by atoms with Crippen LogP contribution in [-0.2, 0) is 21.5 Å². The van der Waals surface area contributed by atoms with Crippen LogP contribution in [0, 0.1) is 6.92 Å². The summed E-state index contributed by atoms with van der Waals surface area (Å²) in [5, 5.41) is 0. The van der Waals surface area contributed by atoms with Gasteiger partial charge in [0.25, 0.3) is 0 Å². The number of carbonyl (C=O) groups excluding carboxylic acids is 1. The Labute approximate surface area is 158 Å². The molecule has 1 heterocycles. The lowest BCUT2D eigenvalue weighted by Gasteiger charge is -2.35. The van der Waals surface area contributed by atoms with Crippen LogP contribution in [0.5, 0.6) is 5.75 Å². The van der Waals surface area contributed by atoms with Gasteiger partial charge in [0.1, 0.15) is 18.1 Å². The van der Waals surface area contributed by atoms with E-state index in [0.29, 0.717) is 13.2 Å². The van der Waals surface area contributed by atoms with Gasteiger partial charge >= 0.3 is 0 Å². The van der Waals surface area contributed by atoms with Crippen LogP contribution in [0.4, 0.5) is 0 Å². The third kappa shape index (κ3) is 5.31. The van der Waals surface area contributed by atoms with Crippen molar-refractivity contribution in [3.63, 3.8) is 0 Å². The Hall–Kier alpha value is -1.39. The van der Waals surface area contributed by atoms with Gasteiger partial charge in [-0.15, -0.1) is 0 Å². The number of methoxy groups -OCH3 is 1. The van der Waals surface area contributed by atoms with Crippen molar-refractivity contribution in [2.24, 2.45) is 0 Å². The molecular weight excluding hydrogens is 326 g/mol. The van der Waals surface area contributed by atoms with Crippen molar-refractivity contribution >= 4 is 5.78 Å². The number of ether oxygens (including phenoxy) is 2. The molecule has 1 aromatic carbocycles. The standard InChI is InChI=1S/C22H35NO3/c1-16-13-21(26-12-11-25-6)18(14-19(16)22(3,4)5)15-23-10-8-7-9-20(23)17(2)24/h13-14,20H,7-12,15H2,1-6H3/t20-/m0/s1. The molecule has 0 aliphatic carbocycles. The molecule has 1 aromatic rings. The Bertz CT molecular complexity index is 619. The number of likely N-dealkylation sites (tertiary alicyclic amines) is 1. The molecule has 26 heavy (non-hydrogen) atoms. The summed E-state index contributed by atoms with van der Waals surface area (Å²) in [6, 6.07) is 4.47. The second-order valence-electron chi connectivity index (χ2n) is 8.46. The van der Waals surface area contributed by atoms with E-state index in [4.69, 9.17) is 9.47 Å². The van der Waals surface area contributed by atoms with Crippen molar-refractivity contribution in [3.05, 3.63) is 28.8 Å². The highest BCUT2D eigenvalue weighted by molar-refractivity contribution is 5.81. The third-order valence-corrected chi connectivity index (χ3v) is 5.22. The maximum atomic E-state index is 12.1. The summed E-state index contributed by atoms with van der Waals surface area (Å²) in [5.41, 5.74) is 3.83. The topological polar surface area (TPSA) is 38.8 Å². The molecule has 1 saturated heterocycles. The predicted octanol–water partition coefficient (Wildman–Crippen LogP) is 4.26. The molecule has 0 aromatic heterocycles. The van der Waals surface area contributed by atoms with Crippen molar-refractivity contribution in [1.82, 2.24) is 4.90 Å². The number of rotatable bonds is 7. The number of piperidine rings is 1. The zero-order chi connectivity index (χ0) is 19.3. The second-order valence-corrected chi connectivity index (χ2v) is 8.46. The Morgan fingerprint density at radius 1 is 1.23 bits per heavy atom. The lowest BCUT2D eigenvalue weighted by molar-refractivity contribution is -0.123. The van der Waals surface area contributed by atoms with Gasteiger partial charge in [-0.3, -0.25) is 9.69 Å². The molecule has 1 aliphatic heterocycles. The second kappa shape index (κ2) is 9.01. The monoisotopic (exact) mass is 361 g/mol. The fourth-order valence-electron chi connectivity index (χ4n) is 3.89. The van der Waals surface area contributed by atoms with Gasteiger partial charge in [-0.25, -0.2) is 0 Å². The van der Waals surface area contributed by atoms with Crippen molar-refractivity contribution in [3.8, 4) is 5.75 Å². The molecule has 1 fully saturated rings. The average Bonchev–Trinajstić information content (AvgIpc) is 2.56. The molecule has 2 rings (SSSR count). The van der Waals surface area contributed by atoms with E-state index in [0.717, 1.165) is 38.1 Å². The minimum atomic E-state index is 0.0370. The van der Waals surface area contributed by atoms with Crippen LogP contribution in [-0.4, -0.2) is 43.6 Å². The molecule has 1 aliphatic rings. The van der Waals surface area contributed by atoms with Crippen LogP contribution >= 0.6 is 0 Å². The summed E-state index contributed by atoms with van der Waals surface area (Å²) in [4.78, 5) is 14.4. The molecule has 4 nitrogen and oxygen atoms in total. The largest absolute Gasteiger partial charge is 0.491 e. The van der Waals surface area contributed by atoms with Gasteiger partial charge in [0.05, 0.1) is 12.6 Å². The predicted molar refractivity (Wildman–Crippen MR) is 106 cm³/mol. The highest BCUT2D eigenvalue weighted by Crippen LogP contribution is 2.33. The van der Waals surface area contributed by atoms with Gasteiger partial charge < -0.3 is 9.47 Å². The summed E-state index contributed by atoms with van der Waals surface area (Å²) < 4.78 is 11.2. The molecule has 0 N–H and O–H groups in total. The highest BCUT2D eigenvalue weighted by atomic mass is 16.5. The molecular formula is C22H35NO3. The van der Waals surface area contributed by atoms with Gasteiger partial charge in [-0.2, -0.15) is 0 Å². The number of aryl methyl sites for hydroxylation is 1. The first-order valence-corrected chi connectivity index (χ1v) is 9.74. The Morgan fingerprint density at radius 2 is 1.96 bits per heavy atom. The van der Waals surface area contributed by atoms with E-state index in [1.807, 2.05) is 0 Å². The minimum Gasteiger partial charge on any atom is -0.491 e. The van der Waals surface area contributed by atoms with Gasteiger partial charge in [0.2, 0.25) is 0 Å². The fraction of sp³-hybridized carbons (Fsp3) is 0.682. The van der Waals surface area contributed by atoms with Crippen LogP contribution in [0.15, 0.2) is 12.1 Å².